The van der Waals surface area contributed by atoms with Gasteiger partial charge in [-0.15, -0.1) is 6.58 Å². The van der Waals surface area contributed by atoms with Crippen LogP contribution in [0.3, 0.4) is 0 Å². The Bertz CT molecular complexity index is 957. The molecule has 1 aromatic heterocycles. The summed E-state index contributed by atoms with van der Waals surface area (Å²) in [4.78, 5) is 12.9. The first-order chi connectivity index (χ1) is 13.3. The molecule has 148 valence electrons. The van der Waals surface area contributed by atoms with Crippen LogP contribution in [-0.2, 0) is 4.57 Å². The van der Waals surface area contributed by atoms with Gasteiger partial charge in [-0.05, 0) is 71.8 Å². The number of nitrogens with one attached hydrogen (secondary N) is 1. The Morgan fingerprint density at radius 2 is 2.18 bits per heavy atom. The monoisotopic (exact) mass is 480 g/mol. The number of hydrogen-bond donors (Lipinski definition) is 1. The summed E-state index contributed by atoms with van der Waals surface area (Å²) < 4.78 is 13.9. The molecule has 1 saturated carbocycles. The Labute approximate surface area is 179 Å². The van der Waals surface area contributed by atoms with Crippen molar-refractivity contribution in [3.05, 3.63) is 63.4 Å². The van der Waals surface area contributed by atoms with E-state index in [4.69, 9.17) is 16.6 Å². The maximum atomic E-state index is 13.3. The molecule has 5 nitrogen and oxygen atoms in total. The summed E-state index contributed by atoms with van der Waals surface area (Å²) >= 11 is 9.40. The summed E-state index contributed by atoms with van der Waals surface area (Å²) in [6, 6.07) is 0. The number of anilines is 1. The standard InChI is InChI=1S/C20H23BrClN4OP/c1-4-5-6-17(25-19-15(21)12-24-20(22)26-19)18(28(2,3)27)14-9-10-16(23-11-14)13-7-8-13/h4,6,9-10,12-13H,1,5,7-8,11H2,2-3H3,(H,24,25,26)/b17-6+,18-14+. The van der Waals surface area contributed by atoms with Crippen LogP contribution < -0.4 is 5.32 Å². The van der Waals surface area contributed by atoms with E-state index < -0.39 is 7.14 Å². The Kier molecular flexibility index (Phi) is 6.74. The second kappa shape index (κ2) is 8.89. The molecule has 0 amide bonds. The van der Waals surface area contributed by atoms with Crippen LogP contribution in [0, 0.1) is 5.92 Å². The SMILES string of the molecule is C=CC/C=C(Nc1nc(Cl)ncc1Br)\C(=C1\C=CC(C2CC2)=NC1)P(C)(C)=O. The zero-order chi connectivity index (χ0) is 20.3. The van der Waals surface area contributed by atoms with Crippen LogP contribution in [0.5, 0.6) is 0 Å². The highest BCUT2D eigenvalue weighted by molar-refractivity contribution is 9.10. The molecular formula is C20H23BrClN4OP. The van der Waals surface area contributed by atoms with Crippen molar-refractivity contribution in [2.45, 2.75) is 19.3 Å². The van der Waals surface area contributed by atoms with E-state index in [9.17, 15) is 4.57 Å². The van der Waals surface area contributed by atoms with Crippen molar-refractivity contribution < 1.29 is 4.57 Å². The van der Waals surface area contributed by atoms with E-state index in [-0.39, 0.29) is 5.28 Å². The molecule has 2 heterocycles. The lowest BCUT2D eigenvalue weighted by molar-refractivity contribution is 0.586. The summed E-state index contributed by atoms with van der Waals surface area (Å²) in [5, 5.41) is 4.20. The van der Waals surface area contributed by atoms with Crippen molar-refractivity contribution in [3.8, 4) is 0 Å². The number of aromatic nitrogens is 2. The lowest BCUT2D eigenvalue weighted by Gasteiger charge is -2.22. The van der Waals surface area contributed by atoms with Gasteiger partial charge in [0.1, 0.15) is 13.0 Å². The summed E-state index contributed by atoms with van der Waals surface area (Å²) in [5.41, 5.74) is 2.84. The van der Waals surface area contributed by atoms with Crippen molar-refractivity contribution in [1.29, 1.82) is 0 Å². The molecule has 0 saturated heterocycles. The highest BCUT2D eigenvalue weighted by Crippen LogP contribution is 2.52. The van der Waals surface area contributed by atoms with Gasteiger partial charge in [-0.2, -0.15) is 4.98 Å². The van der Waals surface area contributed by atoms with E-state index in [1.165, 1.54) is 12.8 Å². The van der Waals surface area contributed by atoms with Crippen LogP contribution >= 0.6 is 34.7 Å². The van der Waals surface area contributed by atoms with Crippen molar-refractivity contribution >= 4 is 46.2 Å². The Morgan fingerprint density at radius 3 is 2.75 bits per heavy atom. The summed E-state index contributed by atoms with van der Waals surface area (Å²) in [5.74, 6) is 1.12. The van der Waals surface area contributed by atoms with Crippen LogP contribution in [0.1, 0.15) is 19.3 Å². The van der Waals surface area contributed by atoms with Gasteiger partial charge in [0.25, 0.3) is 0 Å². The molecule has 1 N–H and O–H groups in total. The average molecular weight is 482 g/mol. The fraction of sp³-hybridized carbons (Fsp3) is 0.350. The number of halogens is 2. The van der Waals surface area contributed by atoms with Gasteiger partial charge in [0.2, 0.25) is 5.28 Å². The molecule has 28 heavy (non-hydrogen) atoms. The quantitative estimate of drug-likeness (QED) is 0.292. The third-order valence-corrected chi connectivity index (χ3v) is 6.80. The lowest BCUT2D eigenvalue weighted by Crippen LogP contribution is -2.11. The summed E-state index contributed by atoms with van der Waals surface area (Å²) in [7, 11) is -2.63. The van der Waals surface area contributed by atoms with Gasteiger partial charge in [0.15, 0.2) is 0 Å². The van der Waals surface area contributed by atoms with Crippen LogP contribution in [0.25, 0.3) is 0 Å². The molecule has 0 aromatic carbocycles. The molecule has 1 aliphatic heterocycles. The van der Waals surface area contributed by atoms with Crippen LogP contribution in [-0.4, -0.2) is 35.6 Å². The van der Waals surface area contributed by atoms with E-state index in [1.54, 1.807) is 25.6 Å². The van der Waals surface area contributed by atoms with E-state index in [2.05, 4.69) is 49.9 Å². The predicted molar refractivity (Wildman–Crippen MR) is 122 cm³/mol. The number of rotatable bonds is 7. The third kappa shape index (κ3) is 5.31. The van der Waals surface area contributed by atoms with Crippen molar-refractivity contribution in [1.82, 2.24) is 9.97 Å². The van der Waals surface area contributed by atoms with Crippen molar-refractivity contribution in [3.63, 3.8) is 0 Å². The number of dihydropyridines is 1. The van der Waals surface area contributed by atoms with Gasteiger partial charge in [0.05, 0.1) is 11.0 Å². The number of nitrogens with zero attached hydrogens (tertiary/aromatic N) is 3. The molecule has 0 radical (unpaired) electrons. The van der Waals surface area contributed by atoms with Gasteiger partial charge in [-0.1, -0.05) is 18.2 Å². The van der Waals surface area contributed by atoms with Gasteiger partial charge >= 0.3 is 0 Å². The molecule has 2 aliphatic rings. The van der Waals surface area contributed by atoms with E-state index >= 15 is 0 Å². The molecule has 8 heteroatoms. The number of aliphatic imine (C=N–C) groups is 1. The minimum atomic E-state index is -2.63. The van der Waals surface area contributed by atoms with Gasteiger partial charge in [0, 0.05) is 28.8 Å². The van der Waals surface area contributed by atoms with Gasteiger partial charge < -0.3 is 9.88 Å². The second-order valence-electron chi connectivity index (χ2n) is 7.18. The van der Waals surface area contributed by atoms with Crippen molar-refractivity contribution in [2.24, 2.45) is 10.9 Å². The molecule has 0 atom stereocenters. The lowest BCUT2D eigenvalue weighted by atomic mass is 10.1. The minimum Gasteiger partial charge on any atom is -0.339 e. The largest absolute Gasteiger partial charge is 0.339 e. The molecule has 0 spiro atoms. The second-order valence-corrected chi connectivity index (χ2v) is 11.5. The normalized spacial score (nSPS) is 19.3. The molecule has 1 aliphatic carbocycles. The van der Waals surface area contributed by atoms with E-state index in [0.29, 0.717) is 29.2 Å². The number of allylic oxidation sites excluding steroid dienone is 4. The van der Waals surface area contributed by atoms with Crippen molar-refractivity contribution in [2.75, 3.05) is 25.2 Å². The van der Waals surface area contributed by atoms with Gasteiger partial charge in [-0.25, -0.2) is 4.98 Å². The fourth-order valence-corrected chi connectivity index (χ4v) is 5.03. The first-order valence-electron chi connectivity index (χ1n) is 9.07. The third-order valence-electron chi connectivity index (χ3n) is 4.44. The highest BCUT2D eigenvalue weighted by Gasteiger charge is 2.29. The van der Waals surface area contributed by atoms with Crippen LogP contribution in [0.2, 0.25) is 5.28 Å². The Balaban J connectivity index is 2.03. The molecule has 0 unspecified atom stereocenters. The minimum absolute atomic E-state index is 0.135. The van der Waals surface area contributed by atoms with E-state index in [0.717, 1.165) is 22.3 Å². The molecule has 1 aromatic rings. The summed E-state index contributed by atoms with van der Waals surface area (Å²) in [6.45, 7) is 7.87. The highest BCUT2D eigenvalue weighted by atomic mass is 79.9. The number of hydrogen-bond acceptors (Lipinski definition) is 5. The average Bonchev–Trinajstić information content (AvgIpc) is 3.47. The zero-order valence-corrected chi connectivity index (χ0v) is 19.2. The maximum Gasteiger partial charge on any atom is 0.224 e. The smallest absolute Gasteiger partial charge is 0.224 e. The molecule has 1 fully saturated rings. The molecule has 0 bridgehead atoms. The molecule has 3 rings (SSSR count). The first kappa shape index (κ1) is 21.2. The zero-order valence-electron chi connectivity index (χ0n) is 16.0. The van der Waals surface area contributed by atoms with E-state index in [1.807, 2.05) is 6.08 Å². The van der Waals surface area contributed by atoms with Crippen LogP contribution in [0.15, 0.2) is 63.1 Å². The Morgan fingerprint density at radius 1 is 1.43 bits per heavy atom. The predicted octanol–water partition coefficient (Wildman–Crippen LogP) is 6.06. The first-order valence-corrected chi connectivity index (χ1v) is 12.8. The Hall–Kier alpha value is -1.49. The maximum absolute atomic E-state index is 13.3. The topological polar surface area (TPSA) is 67.2 Å². The fourth-order valence-electron chi connectivity index (χ4n) is 3.04. The summed E-state index contributed by atoms with van der Waals surface area (Å²) in [6.07, 6.45) is 12.5. The van der Waals surface area contributed by atoms with Gasteiger partial charge in [-0.3, -0.25) is 4.99 Å². The van der Waals surface area contributed by atoms with Crippen LogP contribution in [0.4, 0.5) is 5.82 Å². The molecular weight excluding hydrogens is 459 g/mol.